The summed E-state index contributed by atoms with van der Waals surface area (Å²) < 4.78 is 5.42. The second-order valence-electron chi connectivity index (χ2n) is 16.5. The van der Waals surface area contributed by atoms with E-state index in [2.05, 4.69) is 67.8 Å². The molecule has 0 fully saturated rings. The molecule has 0 heterocycles. The van der Waals surface area contributed by atoms with Gasteiger partial charge in [-0.1, -0.05) is 190 Å². The van der Waals surface area contributed by atoms with Crippen LogP contribution < -0.4 is 5.32 Å². The molecule has 0 aliphatic carbocycles. The first kappa shape index (κ1) is 55.6. The molecule has 0 bridgehead atoms. The number of esters is 1. The Morgan fingerprint density at radius 3 is 1.48 bits per heavy atom. The van der Waals surface area contributed by atoms with Crippen molar-refractivity contribution in [3.05, 3.63) is 60.8 Å². The number of ether oxygens (including phenoxy) is 1. The van der Waals surface area contributed by atoms with Crippen molar-refractivity contribution in [2.75, 3.05) is 13.2 Å². The van der Waals surface area contributed by atoms with Crippen molar-refractivity contribution < 1.29 is 24.5 Å². The molecule has 0 saturated carbocycles. The van der Waals surface area contributed by atoms with Gasteiger partial charge in [0.1, 0.15) is 0 Å². The molecule has 58 heavy (non-hydrogen) atoms. The zero-order valence-electron chi connectivity index (χ0n) is 38.0. The smallest absolute Gasteiger partial charge is 0.305 e. The van der Waals surface area contributed by atoms with Crippen molar-refractivity contribution in [1.29, 1.82) is 0 Å². The Balaban J connectivity index is 3.59. The molecule has 0 saturated heterocycles. The fourth-order valence-electron chi connectivity index (χ4n) is 6.95. The molecular formula is C52H93NO5. The molecule has 2 atom stereocenters. The Hall–Kier alpha value is -2.44. The van der Waals surface area contributed by atoms with Crippen LogP contribution >= 0.6 is 0 Å². The predicted octanol–water partition coefficient (Wildman–Crippen LogP) is 14.5. The number of amides is 1. The van der Waals surface area contributed by atoms with E-state index in [1.54, 1.807) is 6.08 Å². The van der Waals surface area contributed by atoms with Gasteiger partial charge in [0.2, 0.25) is 5.91 Å². The number of allylic oxidation sites excluding steroid dienone is 9. The van der Waals surface area contributed by atoms with Crippen LogP contribution in [0.3, 0.4) is 0 Å². The van der Waals surface area contributed by atoms with E-state index in [0.717, 1.165) is 89.9 Å². The van der Waals surface area contributed by atoms with E-state index in [0.29, 0.717) is 19.4 Å². The highest BCUT2D eigenvalue weighted by Crippen LogP contribution is 2.14. The lowest BCUT2D eigenvalue weighted by atomic mass is 10.0. The van der Waals surface area contributed by atoms with Gasteiger partial charge in [-0.2, -0.15) is 0 Å². The predicted molar refractivity (Wildman–Crippen MR) is 250 cm³/mol. The average Bonchev–Trinajstić information content (AvgIpc) is 3.22. The number of aliphatic hydroxyl groups excluding tert-OH is 2. The van der Waals surface area contributed by atoms with E-state index in [1.165, 1.54) is 116 Å². The summed E-state index contributed by atoms with van der Waals surface area (Å²) in [6.45, 7) is 4.75. The molecule has 2 unspecified atom stereocenters. The van der Waals surface area contributed by atoms with Crippen molar-refractivity contribution >= 4 is 11.9 Å². The fourth-order valence-corrected chi connectivity index (χ4v) is 6.95. The van der Waals surface area contributed by atoms with Crippen LogP contribution in [0.5, 0.6) is 0 Å². The van der Waals surface area contributed by atoms with Crippen molar-refractivity contribution in [3.63, 3.8) is 0 Å². The monoisotopic (exact) mass is 812 g/mol. The van der Waals surface area contributed by atoms with Gasteiger partial charge >= 0.3 is 5.97 Å². The molecule has 0 spiro atoms. The standard InChI is InChI=1S/C52H93NO5/c1-3-5-7-9-11-13-15-20-24-28-32-36-40-44-50(55)49(48-54)53-51(56)45-41-37-33-29-25-22-18-17-19-23-27-31-35-39-43-47-58-52(57)46-42-38-34-30-26-21-16-14-12-10-8-6-4-2/h8,10,14,16-17,19,23,27,40,44,49-50,54-55H,3-7,9,11-13,15,18,20-22,24-26,28-39,41-43,45-48H2,1-2H3,(H,53,56)/b10-8-,16-14-,19-17-,27-23-,44-40+. The number of rotatable bonds is 44. The molecule has 0 aromatic heterocycles. The van der Waals surface area contributed by atoms with Gasteiger partial charge in [-0.3, -0.25) is 9.59 Å². The Kier molecular flexibility index (Phi) is 45.3. The summed E-state index contributed by atoms with van der Waals surface area (Å²) in [6, 6.07) is -0.645. The van der Waals surface area contributed by atoms with E-state index < -0.39 is 12.1 Å². The van der Waals surface area contributed by atoms with E-state index in [1.807, 2.05) is 6.08 Å². The first-order valence-corrected chi connectivity index (χ1v) is 24.6. The van der Waals surface area contributed by atoms with Gasteiger partial charge in [0, 0.05) is 12.8 Å². The molecule has 0 rings (SSSR count). The minimum absolute atomic E-state index is 0.0397. The highest BCUT2D eigenvalue weighted by atomic mass is 16.5. The molecule has 6 nitrogen and oxygen atoms in total. The van der Waals surface area contributed by atoms with Crippen molar-refractivity contribution in [3.8, 4) is 0 Å². The molecule has 0 aromatic carbocycles. The van der Waals surface area contributed by atoms with Crippen LogP contribution in [0.2, 0.25) is 0 Å². The summed E-state index contributed by atoms with van der Waals surface area (Å²) >= 11 is 0. The second-order valence-corrected chi connectivity index (χ2v) is 16.5. The lowest BCUT2D eigenvalue weighted by Gasteiger charge is -2.20. The van der Waals surface area contributed by atoms with Gasteiger partial charge in [0.25, 0.3) is 0 Å². The highest BCUT2D eigenvalue weighted by Gasteiger charge is 2.18. The quantitative estimate of drug-likeness (QED) is 0.0246. The summed E-state index contributed by atoms with van der Waals surface area (Å²) in [5.74, 6) is -0.133. The lowest BCUT2D eigenvalue weighted by Crippen LogP contribution is -2.45. The number of carbonyl (C=O) groups excluding carboxylic acids is 2. The van der Waals surface area contributed by atoms with Gasteiger partial charge in [-0.25, -0.2) is 0 Å². The molecule has 3 N–H and O–H groups in total. The largest absolute Gasteiger partial charge is 0.466 e. The third-order valence-corrected chi connectivity index (χ3v) is 10.8. The summed E-state index contributed by atoms with van der Waals surface area (Å²) in [4.78, 5) is 24.4. The first-order valence-electron chi connectivity index (χ1n) is 24.6. The Morgan fingerprint density at radius 1 is 0.500 bits per heavy atom. The number of carbonyl (C=O) groups is 2. The third kappa shape index (κ3) is 43.1. The number of nitrogens with one attached hydrogen (secondary N) is 1. The number of aliphatic hydroxyl groups is 2. The summed E-state index contributed by atoms with van der Waals surface area (Å²) in [5.41, 5.74) is 0. The average molecular weight is 812 g/mol. The maximum atomic E-state index is 12.4. The van der Waals surface area contributed by atoms with Crippen LogP contribution in [-0.2, 0) is 14.3 Å². The van der Waals surface area contributed by atoms with E-state index in [9.17, 15) is 19.8 Å². The van der Waals surface area contributed by atoms with Crippen LogP contribution in [0.4, 0.5) is 0 Å². The van der Waals surface area contributed by atoms with Gasteiger partial charge in [0.15, 0.2) is 0 Å². The van der Waals surface area contributed by atoms with Crippen LogP contribution in [0, 0.1) is 0 Å². The van der Waals surface area contributed by atoms with Gasteiger partial charge in [-0.05, 0) is 89.9 Å². The molecule has 6 heteroatoms. The Bertz CT molecular complexity index is 1030. The molecule has 0 radical (unpaired) electrons. The maximum absolute atomic E-state index is 12.4. The van der Waals surface area contributed by atoms with Crippen molar-refractivity contribution in [1.82, 2.24) is 5.32 Å². The second kappa shape index (κ2) is 47.2. The van der Waals surface area contributed by atoms with Gasteiger partial charge in [0.05, 0.1) is 25.4 Å². The van der Waals surface area contributed by atoms with E-state index in [4.69, 9.17) is 4.74 Å². The molecule has 336 valence electrons. The zero-order valence-corrected chi connectivity index (χ0v) is 38.0. The number of unbranched alkanes of at least 4 members (excludes halogenated alkanes) is 26. The Morgan fingerprint density at radius 2 is 0.948 bits per heavy atom. The first-order chi connectivity index (χ1) is 28.5. The van der Waals surface area contributed by atoms with Crippen LogP contribution in [-0.4, -0.2) is 47.4 Å². The summed E-state index contributed by atoms with van der Waals surface area (Å²) in [6.07, 6.45) is 59.3. The van der Waals surface area contributed by atoms with Crippen molar-refractivity contribution in [2.24, 2.45) is 0 Å². The Labute approximate surface area is 358 Å². The van der Waals surface area contributed by atoms with Crippen molar-refractivity contribution in [2.45, 2.75) is 244 Å². The SMILES string of the molecule is CCC/C=C\C/C=C\CCCCCCCC(=O)OCCCCC/C=C\C=C/CCCCCCCCC(=O)NC(CO)C(O)/C=C/CCCCCCCCCCCCC. The fraction of sp³-hybridized carbons (Fsp3) is 0.769. The number of hydrogen-bond donors (Lipinski definition) is 3. The van der Waals surface area contributed by atoms with Gasteiger partial charge in [-0.15, -0.1) is 0 Å². The molecule has 0 aliphatic rings. The topological polar surface area (TPSA) is 95.9 Å². The normalized spacial score (nSPS) is 13.2. The summed E-state index contributed by atoms with van der Waals surface area (Å²) in [7, 11) is 0. The van der Waals surface area contributed by atoms with Crippen LogP contribution in [0.25, 0.3) is 0 Å². The molecular weight excluding hydrogens is 719 g/mol. The van der Waals surface area contributed by atoms with E-state index in [-0.39, 0.29) is 18.5 Å². The van der Waals surface area contributed by atoms with Crippen LogP contribution in [0.1, 0.15) is 232 Å². The maximum Gasteiger partial charge on any atom is 0.305 e. The van der Waals surface area contributed by atoms with E-state index >= 15 is 0 Å². The third-order valence-electron chi connectivity index (χ3n) is 10.8. The minimum atomic E-state index is -0.859. The minimum Gasteiger partial charge on any atom is -0.466 e. The summed E-state index contributed by atoms with van der Waals surface area (Å²) in [5, 5.41) is 23.0. The zero-order chi connectivity index (χ0) is 42.3. The lowest BCUT2D eigenvalue weighted by molar-refractivity contribution is -0.143. The molecule has 1 amide bonds. The molecule has 0 aliphatic heterocycles. The number of hydrogen-bond acceptors (Lipinski definition) is 5. The molecule has 0 aromatic rings. The van der Waals surface area contributed by atoms with Crippen LogP contribution in [0.15, 0.2) is 60.8 Å². The highest BCUT2D eigenvalue weighted by molar-refractivity contribution is 5.76. The van der Waals surface area contributed by atoms with Gasteiger partial charge < -0.3 is 20.3 Å².